The first-order chi connectivity index (χ1) is 14.9. The van der Waals surface area contributed by atoms with Gasteiger partial charge in [-0.25, -0.2) is 8.42 Å². The molecule has 31 heavy (non-hydrogen) atoms. The molecule has 0 unspecified atom stereocenters. The lowest BCUT2D eigenvalue weighted by Crippen LogP contribution is -2.54. The van der Waals surface area contributed by atoms with Crippen LogP contribution in [0.2, 0.25) is 0 Å². The number of nitrogens with one attached hydrogen (secondary N) is 1. The van der Waals surface area contributed by atoms with Gasteiger partial charge in [0.15, 0.2) is 5.96 Å². The van der Waals surface area contributed by atoms with Crippen molar-refractivity contribution < 1.29 is 17.7 Å². The molecule has 1 saturated heterocycles. The van der Waals surface area contributed by atoms with E-state index >= 15 is 0 Å². The standard InChI is InChI=1S/C21H31N5O4S/c1-17(2)19-6-4-5-7-20(19)29-15-9-23-21(22-3)25-10-12-26(13-11-25)31(27,28)16-18-8-14-30-24-18/h4-8,14,17H,9-13,15-16H2,1-3H3,(H,22,23). The zero-order valence-electron chi connectivity index (χ0n) is 18.3. The Morgan fingerprint density at radius 1 is 1.23 bits per heavy atom. The second-order valence-electron chi connectivity index (χ2n) is 7.65. The lowest BCUT2D eigenvalue weighted by Gasteiger charge is -2.35. The van der Waals surface area contributed by atoms with E-state index in [1.165, 1.54) is 16.1 Å². The van der Waals surface area contributed by atoms with Crippen LogP contribution < -0.4 is 10.1 Å². The summed E-state index contributed by atoms with van der Waals surface area (Å²) in [5, 5.41) is 7.01. The van der Waals surface area contributed by atoms with Gasteiger partial charge in [0.1, 0.15) is 24.4 Å². The molecular weight excluding hydrogens is 418 g/mol. The maximum atomic E-state index is 12.6. The van der Waals surface area contributed by atoms with E-state index in [-0.39, 0.29) is 5.75 Å². The average Bonchev–Trinajstić information content (AvgIpc) is 3.26. The van der Waals surface area contributed by atoms with E-state index < -0.39 is 10.0 Å². The number of sulfonamides is 1. The summed E-state index contributed by atoms with van der Waals surface area (Å²) < 4.78 is 37.3. The molecule has 0 spiro atoms. The highest BCUT2D eigenvalue weighted by Crippen LogP contribution is 2.25. The van der Waals surface area contributed by atoms with Crippen molar-refractivity contribution in [3.8, 4) is 5.75 Å². The summed E-state index contributed by atoms with van der Waals surface area (Å²) in [6.45, 7) is 7.34. The van der Waals surface area contributed by atoms with E-state index in [0.29, 0.717) is 50.9 Å². The third-order valence-corrected chi connectivity index (χ3v) is 6.96. The number of aliphatic imine (C=N–C) groups is 1. The maximum Gasteiger partial charge on any atom is 0.220 e. The summed E-state index contributed by atoms with van der Waals surface area (Å²) >= 11 is 0. The van der Waals surface area contributed by atoms with Crippen molar-refractivity contribution in [1.82, 2.24) is 19.7 Å². The highest BCUT2D eigenvalue weighted by molar-refractivity contribution is 7.88. The predicted molar refractivity (Wildman–Crippen MR) is 120 cm³/mol. The third-order valence-electron chi connectivity index (χ3n) is 5.15. The summed E-state index contributed by atoms with van der Waals surface area (Å²) in [5.74, 6) is 1.90. The largest absolute Gasteiger partial charge is 0.491 e. The Kier molecular flexibility index (Phi) is 7.91. The van der Waals surface area contributed by atoms with Crippen LogP contribution in [0.3, 0.4) is 0 Å². The van der Waals surface area contributed by atoms with Gasteiger partial charge in [-0.2, -0.15) is 4.31 Å². The number of hydrogen-bond donors (Lipinski definition) is 1. The van der Waals surface area contributed by atoms with Crippen molar-refractivity contribution in [2.75, 3.05) is 46.4 Å². The Balaban J connectivity index is 1.45. The van der Waals surface area contributed by atoms with E-state index in [2.05, 4.69) is 40.3 Å². The molecule has 0 aliphatic carbocycles. The number of ether oxygens (including phenoxy) is 1. The summed E-state index contributed by atoms with van der Waals surface area (Å²) in [7, 11) is -1.69. The first kappa shape index (κ1) is 23.1. The second kappa shape index (κ2) is 10.6. The minimum Gasteiger partial charge on any atom is -0.491 e. The van der Waals surface area contributed by atoms with Crippen LogP contribution in [0.4, 0.5) is 0 Å². The van der Waals surface area contributed by atoms with Crippen LogP contribution in [0, 0.1) is 0 Å². The molecular formula is C21H31N5O4S. The first-order valence-corrected chi connectivity index (χ1v) is 12.1. The number of benzene rings is 1. The number of piperazine rings is 1. The van der Waals surface area contributed by atoms with E-state index in [9.17, 15) is 8.42 Å². The zero-order chi connectivity index (χ0) is 22.3. The van der Waals surface area contributed by atoms with Gasteiger partial charge < -0.3 is 19.5 Å². The smallest absolute Gasteiger partial charge is 0.220 e. The summed E-state index contributed by atoms with van der Waals surface area (Å²) in [5.41, 5.74) is 1.61. The molecule has 1 aromatic heterocycles. The Bertz CT molecular complexity index is 952. The first-order valence-electron chi connectivity index (χ1n) is 10.4. The van der Waals surface area contributed by atoms with Crippen LogP contribution >= 0.6 is 0 Å². The number of nitrogens with zero attached hydrogens (tertiary/aromatic N) is 4. The summed E-state index contributed by atoms with van der Waals surface area (Å²) in [4.78, 5) is 6.40. The van der Waals surface area contributed by atoms with Crippen LogP contribution in [0.25, 0.3) is 0 Å². The van der Waals surface area contributed by atoms with E-state index in [1.54, 1.807) is 13.1 Å². The monoisotopic (exact) mass is 449 g/mol. The molecule has 2 aromatic rings. The van der Waals surface area contributed by atoms with Gasteiger partial charge in [0.05, 0.1) is 12.2 Å². The molecule has 10 heteroatoms. The summed E-state index contributed by atoms with van der Waals surface area (Å²) in [6.07, 6.45) is 1.38. The number of rotatable bonds is 8. The quantitative estimate of drug-likeness (QED) is 0.373. The Labute approximate surface area is 184 Å². The fourth-order valence-electron chi connectivity index (χ4n) is 3.51. The lowest BCUT2D eigenvalue weighted by molar-refractivity contribution is 0.257. The molecule has 170 valence electrons. The molecule has 0 radical (unpaired) electrons. The second-order valence-corrected chi connectivity index (χ2v) is 9.62. The zero-order valence-corrected chi connectivity index (χ0v) is 19.1. The van der Waals surface area contributed by atoms with Crippen molar-refractivity contribution in [2.45, 2.75) is 25.5 Å². The third kappa shape index (κ3) is 6.20. The molecule has 1 fully saturated rings. The molecule has 1 aliphatic rings. The normalized spacial score (nSPS) is 16.0. The topological polar surface area (TPSA) is 100 Å². The van der Waals surface area contributed by atoms with Crippen molar-refractivity contribution in [3.63, 3.8) is 0 Å². The molecule has 1 N–H and O–H groups in total. The van der Waals surface area contributed by atoms with Gasteiger partial charge in [0.2, 0.25) is 10.0 Å². The molecule has 1 aliphatic heterocycles. The molecule has 1 aromatic carbocycles. The number of para-hydroxylation sites is 1. The van der Waals surface area contributed by atoms with E-state index in [4.69, 9.17) is 9.26 Å². The minimum absolute atomic E-state index is 0.147. The van der Waals surface area contributed by atoms with Gasteiger partial charge in [-0.1, -0.05) is 37.2 Å². The van der Waals surface area contributed by atoms with Gasteiger partial charge in [-0.3, -0.25) is 4.99 Å². The minimum atomic E-state index is -3.42. The highest BCUT2D eigenvalue weighted by atomic mass is 32.2. The van der Waals surface area contributed by atoms with E-state index in [0.717, 1.165) is 11.7 Å². The SMILES string of the molecule is CN=C(NCCOc1ccccc1C(C)C)N1CCN(S(=O)(=O)Cc2ccon2)CC1. The Hall–Kier alpha value is -2.59. The molecule has 2 heterocycles. The van der Waals surface area contributed by atoms with Crippen molar-refractivity contribution >= 4 is 16.0 Å². The molecule has 3 rings (SSSR count). The van der Waals surface area contributed by atoms with Crippen molar-refractivity contribution in [3.05, 3.63) is 47.9 Å². The van der Waals surface area contributed by atoms with Gasteiger partial charge in [-0.15, -0.1) is 0 Å². The highest BCUT2D eigenvalue weighted by Gasteiger charge is 2.28. The van der Waals surface area contributed by atoms with Crippen LogP contribution in [-0.2, 0) is 15.8 Å². The fraction of sp³-hybridized carbons (Fsp3) is 0.524. The van der Waals surface area contributed by atoms with Crippen molar-refractivity contribution in [1.29, 1.82) is 0 Å². The molecule has 0 atom stereocenters. The molecule has 9 nitrogen and oxygen atoms in total. The van der Waals surface area contributed by atoms with Gasteiger partial charge >= 0.3 is 0 Å². The summed E-state index contributed by atoms with van der Waals surface area (Å²) in [6, 6.07) is 9.64. The maximum absolute atomic E-state index is 12.6. The Morgan fingerprint density at radius 3 is 2.61 bits per heavy atom. The number of aromatic nitrogens is 1. The van der Waals surface area contributed by atoms with Gasteiger partial charge in [0, 0.05) is 39.3 Å². The van der Waals surface area contributed by atoms with Crippen LogP contribution in [0.1, 0.15) is 31.0 Å². The van der Waals surface area contributed by atoms with Crippen molar-refractivity contribution in [2.24, 2.45) is 4.99 Å². The van der Waals surface area contributed by atoms with Gasteiger partial charge in [0.25, 0.3) is 0 Å². The number of hydrogen-bond acceptors (Lipinski definition) is 6. The van der Waals surface area contributed by atoms with Gasteiger partial charge in [-0.05, 0) is 17.5 Å². The van der Waals surface area contributed by atoms with Crippen LogP contribution in [-0.4, -0.2) is 75.1 Å². The molecule has 0 amide bonds. The molecule has 0 bridgehead atoms. The average molecular weight is 450 g/mol. The van der Waals surface area contributed by atoms with E-state index in [1.807, 2.05) is 18.2 Å². The lowest BCUT2D eigenvalue weighted by atomic mass is 10.0. The Morgan fingerprint density at radius 2 is 1.97 bits per heavy atom. The van der Waals surface area contributed by atoms with Crippen LogP contribution in [0.15, 0.2) is 46.1 Å². The van der Waals surface area contributed by atoms with Crippen LogP contribution in [0.5, 0.6) is 5.75 Å². The fourth-order valence-corrected chi connectivity index (χ4v) is 4.94. The molecule has 0 saturated carbocycles. The number of guanidine groups is 1. The predicted octanol–water partition coefficient (Wildman–Crippen LogP) is 1.90.